The SMILES string of the molecule is CN(C)CCN1C(=O)COc2cc(NC(=O)c3cc([N+](=O)[O-])cc([N+](=O)[O-])c3)ccc21. The average molecular weight is 429 g/mol. The predicted octanol–water partition coefficient (Wildman–Crippen LogP) is 2.04. The first kappa shape index (κ1) is 21.6. The van der Waals surface area contributed by atoms with Gasteiger partial charge in [-0.2, -0.15) is 0 Å². The molecule has 0 saturated carbocycles. The number of nitro benzene ring substituents is 2. The Morgan fingerprint density at radius 2 is 1.77 bits per heavy atom. The lowest BCUT2D eigenvalue weighted by Crippen LogP contribution is -2.42. The van der Waals surface area contributed by atoms with E-state index in [-0.39, 0.29) is 18.1 Å². The zero-order valence-corrected chi connectivity index (χ0v) is 16.7. The van der Waals surface area contributed by atoms with Gasteiger partial charge in [0.15, 0.2) is 6.61 Å². The molecule has 0 unspecified atom stereocenters. The van der Waals surface area contributed by atoms with Crippen LogP contribution in [0, 0.1) is 20.2 Å². The van der Waals surface area contributed by atoms with E-state index in [2.05, 4.69) is 5.32 Å². The van der Waals surface area contributed by atoms with Crippen molar-refractivity contribution in [3.63, 3.8) is 0 Å². The van der Waals surface area contributed by atoms with Crippen LogP contribution in [0.1, 0.15) is 10.4 Å². The number of benzene rings is 2. The highest BCUT2D eigenvalue weighted by atomic mass is 16.6. The third-order valence-corrected chi connectivity index (χ3v) is 4.52. The van der Waals surface area contributed by atoms with Gasteiger partial charge in [-0.05, 0) is 26.2 Å². The van der Waals surface area contributed by atoms with Crippen LogP contribution in [0.25, 0.3) is 0 Å². The van der Waals surface area contributed by atoms with E-state index in [1.165, 1.54) is 6.07 Å². The normalized spacial score (nSPS) is 12.9. The largest absolute Gasteiger partial charge is 0.481 e. The molecule has 1 heterocycles. The maximum Gasteiger partial charge on any atom is 0.277 e. The van der Waals surface area contributed by atoms with Crippen molar-refractivity contribution in [3.05, 3.63) is 62.2 Å². The number of hydrogen-bond donors (Lipinski definition) is 1. The molecule has 0 bridgehead atoms. The number of ether oxygens (including phenoxy) is 1. The quantitative estimate of drug-likeness (QED) is 0.519. The molecule has 162 valence electrons. The Morgan fingerprint density at radius 1 is 1.13 bits per heavy atom. The molecule has 31 heavy (non-hydrogen) atoms. The highest BCUT2D eigenvalue weighted by Crippen LogP contribution is 2.34. The van der Waals surface area contributed by atoms with Gasteiger partial charge in [-0.25, -0.2) is 0 Å². The Morgan fingerprint density at radius 3 is 2.35 bits per heavy atom. The number of rotatable bonds is 7. The second-order valence-electron chi connectivity index (χ2n) is 7.03. The van der Waals surface area contributed by atoms with Gasteiger partial charge in [0.2, 0.25) is 0 Å². The molecule has 12 nitrogen and oxygen atoms in total. The number of fused-ring (bicyclic) bond motifs is 1. The molecule has 3 rings (SSSR count). The van der Waals surface area contributed by atoms with Crippen molar-refractivity contribution in [2.24, 2.45) is 0 Å². The number of anilines is 2. The number of nitro groups is 2. The smallest absolute Gasteiger partial charge is 0.277 e. The van der Waals surface area contributed by atoms with Crippen molar-refractivity contribution in [1.82, 2.24) is 4.90 Å². The number of nitrogens with zero attached hydrogens (tertiary/aromatic N) is 4. The van der Waals surface area contributed by atoms with Crippen molar-refractivity contribution in [2.45, 2.75) is 0 Å². The van der Waals surface area contributed by atoms with E-state index in [9.17, 15) is 29.8 Å². The van der Waals surface area contributed by atoms with Gasteiger partial charge in [0.25, 0.3) is 23.2 Å². The summed E-state index contributed by atoms with van der Waals surface area (Å²) in [4.78, 5) is 48.7. The van der Waals surface area contributed by atoms with Gasteiger partial charge in [0.1, 0.15) is 5.75 Å². The van der Waals surface area contributed by atoms with Gasteiger partial charge in [0, 0.05) is 37.0 Å². The first-order chi connectivity index (χ1) is 14.7. The maximum atomic E-state index is 12.6. The maximum absolute atomic E-state index is 12.6. The third kappa shape index (κ3) is 4.93. The fourth-order valence-electron chi connectivity index (χ4n) is 2.97. The van der Waals surface area contributed by atoms with Gasteiger partial charge >= 0.3 is 0 Å². The molecule has 0 spiro atoms. The van der Waals surface area contributed by atoms with Gasteiger partial charge in [-0.1, -0.05) is 0 Å². The summed E-state index contributed by atoms with van der Waals surface area (Å²) in [5.41, 5.74) is -0.504. The van der Waals surface area contributed by atoms with Gasteiger partial charge in [-0.3, -0.25) is 29.8 Å². The highest BCUT2D eigenvalue weighted by molar-refractivity contribution is 6.06. The minimum atomic E-state index is -0.810. The standard InChI is InChI=1S/C19H19N5O7/c1-21(2)5-6-22-16-4-3-13(9-17(16)31-11-18(22)25)20-19(26)12-7-14(23(27)28)10-15(8-12)24(29)30/h3-4,7-10H,5-6,11H2,1-2H3,(H,20,26). The zero-order valence-electron chi connectivity index (χ0n) is 16.7. The van der Waals surface area contributed by atoms with E-state index in [0.29, 0.717) is 30.2 Å². The number of likely N-dealkylation sites (N-methyl/N-ethyl adjacent to an activating group) is 1. The van der Waals surface area contributed by atoms with Crippen molar-refractivity contribution in [2.75, 3.05) is 44.0 Å². The van der Waals surface area contributed by atoms with Crippen molar-refractivity contribution in [1.29, 1.82) is 0 Å². The summed E-state index contributed by atoms with van der Waals surface area (Å²) in [7, 11) is 3.78. The molecule has 2 amide bonds. The molecule has 0 aromatic heterocycles. The van der Waals surface area contributed by atoms with E-state index in [0.717, 1.165) is 18.2 Å². The lowest BCUT2D eigenvalue weighted by molar-refractivity contribution is -0.394. The second-order valence-corrected chi connectivity index (χ2v) is 7.03. The van der Waals surface area contributed by atoms with Gasteiger partial charge in [-0.15, -0.1) is 0 Å². The van der Waals surface area contributed by atoms with E-state index < -0.39 is 27.1 Å². The summed E-state index contributed by atoms with van der Waals surface area (Å²) < 4.78 is 5.47. The average Bonchev–Trinajstić information content (AvgIpc) is 2.72. The van der Waals surface area contributed by atoms with E-state index >= 15 is 0 Å². The van der Waals surface area contributed by atoms with Crippen LogP contribution in [0.2, 0.25) is 0 Å². The first-order valence-electron chi connectivity index (χ1n) is 9.13. The topological polar surface area (TPSA) is 148 Å². The molecule has 2 aromatic rings. The molecule has 1 N–H and O–H groups in total. The zero-order chi connectivity index (χ0) is 22.7. The van der Waals surface area contributed by atoms with Crippen LogP contribution in [0.3, 0.4) is 0 Å². The van der Waals surface area contributed by atoms with E-state index in [4.69, 9.17) is 4.74 Å². The molecular formula is C19H19N5O7. The molecule has 1 aliphatic rings. The number of hydrogen-bond acceptors (Lipinski definition) is 8. The molecule has 0 radical (unpaired) electrons. The van der Waals surface area contributed by atoms with Crippen LogP contribution in [-0.2, 0) is 4.79 Å². The molecule has 0 atom stereocenters. The van der Waals surface area contributed by atoms with Crippen molar-refractivity contribution in [3.8, 4) is 5.75 Å². The Balaban J connectivity index is 1.84. The lowest BCUT2D eigenvalue weighted by Gasteiger charge is -2.30. The third-order valence-electron chi connectivity index (χ3n) is 4.52. The minimum Gasteiger partial charge on any atom is -0.481 e. The Labute approximate surface area is 176 Å². The Hall–Kier alpha value is -4.06. The summed E-state index contributed by atoms with van der Waals surface area (Å²) in [6.45, 7) is 0.968. The monoisotopic (exact) mass is 429 g/mol. The van der Waals surface area contributed by atoms with E-state index in [1.54, 1.807) is 17.0 Å². The molecule has 2 aromatic carbocycles. The van der Waals surface area contributed by atoms with Crippen LogP contribution < -0.4 is 15.0 Å². The number of carbonyl (C=O) groups is 2. The minimum absolute atomic E-state index is 0.144. The summed E-state index contributed by atoms with van der Waals surface area (Å²) in [6, 6.07) is 7.38. The first-order valence-corrected chi connectivity index (χ1v) is 9.13. The van der Waals surface area contributed by atoms with Crippen molar-refractivity contribution >= 4 is 34.6 Å². The summed E-state index contributed by atoms with van der Waals surface area (Å²) in [5.74, 6) is -0.556. The fraction of sp³-hybridized carbons (Fsp3) is 0.263. The van der Waals surface area contributed by atoms with Crippen LogP contribution in [0.4, 0.5) is 22.7 Å². The van der Waals surface area contributed by atoms with Crippen LogP contribution in [0.5, 0.6) is 5.75 Å². The number of carbonyl (C=O) groups excluding carboxylic acids is 2. The molecule has 12 heteroatoms. The van der Waals surface area contributed by atoms with E-state index in [1.807, 2.05) is 19.0 Å². The summed E-state index contributed by atoms with van der Waals surface area (Å²) in [5, 5.41) is 24.6. The summed E-state index contributed by atoms with van der Waals surface area (Å²) >= 11 is 0. The Bertz CT molecular complexity index is 1040. The molecule has 0 fully saturated rings. The van der Waals surface area contributed by atoms with Crippen LogP contribution >= 0.6 is 0 Å². The number of nitrogens with one attached hydrogen (secondary N) is 1. The fourth-order valence-corrected chi connectivity index (χ4v) is 2.97. The van der Waals surface area contributed by atoms with Gasteiger partial charge in [0.05, 0.1) is 27.2 Å². The number of amides is 2. The van der Waals surface area contributed by atoms with Crippen LogP contribution in [0.15, 0.2) is 36.4 Å². The molecule has 0 aliphatic carbocycles. The molecule has 0 saturated heterocycles. The Kier molecular flexibility index (Phi) is 6.11. The van der Waals surface area contributed by atoms with Gasteiger partial charge < -0.3 is 19.9 Å². The van der Waals surface area contributed by atoms with Crippen LogP contribution in [-0.4, -0.2) is 60.4 Å². The molecule has 1 aliphatic heterocycles. The second kappa shape index (κ2) is 8.75. The predicted molar refractivity (Wildman–Crippen MR) is 111 cm³/mol. The summed E-state index contributed by atoms with van der Waals surface area (Å²) in [6.07, 6.45) is 0. The number of non-ortho nitro benzene ring substituents is 2. The highest BCUT2D eigenvalue weighted by Gasteiger charge is 2.26. The molecular weight excluding hydrogens is 410 g/mol. The van der Waals surface area contributed by atoms with Crippen molar-refractivity contribution < 1.29 is 24.2 Å². The lowest BCUT2D eigenvalue weighted by atomic mass is 10.1.